The molecule has 0 spiro atoms. The first kappa shape index (κ1) is 13.3. The predicted molar refractivity (Wildman–Crippen MR) is 79.9 cm³/mol. The lowest BCUT2D eigenvalue weighted by Crippen LogP contribution is -2.40. The Bertz CT molecular complexity index is 659. The van der Waals surface area contributed by atoms with Crippen LogP contribution in [0.2, 0.25) is 5.02 Å². The molecule has 2 heterocycles. The van der Waals surface area contributed by atoms with E-state index in [0.29, 0.717) is 17.3 Å². The van der Waals surface area contributed by atoms with Crippen LogP contribution in [0.4, 0.5) is 0 Å². The molecule has 0 radical (unpaired) electrons. The zero-order valence-corrected chi connectivity index (χ0v) is 11.8. The number of aromatic nitrogens is 1. The van der Waals surface area contributed by atoms with Gasteiger partial charge in [-0.05, 0) is 31.0 Å². The number of nitrogens with two attached hydrogens (primary N) is 1. The standard InChI is InChI=1S/C15H16ClN3O/c16-11-5-3-10-4-6-13(18-14(10)8-11)15(20)19-7-1-2-12(19)9-17/h3-6,8,12H,1-2,7,9,17H2. The molecule has 1 unspecified atom stereocenters. The Hall–Kier alpha value is -1.65. The molecule has 0 saturated carbocycles. The van der Waals surface area contributed by atoms with Gasteiger partial charge in [0.25, 0.3) is 5.91 Å². The van der Waals surface area contributed by atoms with E-state index in [4.69, 9.17) is 17.3 Å². The SMILES string of the molecule is NCC1CCCN1C(=O)c1ccc2ccc(Cl)cc2n1. The summed E-state index contributed by atoms with van der Waals surface area (Å²) in [7, 11) is 0. The van der Waals surface area contributed by atoms with E-state index in [0.717, 1.165) is 30.3 Å². The van der Waals surface area contributed by atoms with Crippen molar-refractivity contribution < 1.29 is 4.79 Å². The van der Waals surface area contributed by atoms with Crippen LogP contribution in [0.5, 0.6) is 0 Å². The number of carbonyl (C=O) groups is 1. The summed E-state index contributed by atoms with van der Waals surface area (Å²) in [5, 5.41) is 1.60. The van der Waals surface area contributed by atoms with Gasteiger partial charge in [-0.1, -0.05) is 23.7 Å². The second-order valence-electron chi connectivity index (χ2n) is 5.06. The molecule has 1 aliphatic rings. The van der Waals surface area contributed by atoms with Crippen LogP contribution in [0.25, 0.3) is 10.9 Å². The molecule has 1 saturated heterocycles. The molecule has 104 valence electrons. The second-order valence-corrected chi connectivity index (χ2v) is 5.50. The monoisotopic (exact) mass is 289 g/mol. The van der Waals surface area contributed by atoms with Crippen molar-refractivity contribution >= 4 is 28.4 Å². The average Bonchev–Trinajstić information content (AvgIpc) is 2.94. The number of nitrogens with zero attached hydrogens (tertiary/aromatic N) is 2. The maximum absolute atomic E-state index is 12.5. The molecule has 1 aromatic heterocycles. The minimum Gasteiger partial charge on any atom is -0.333 e. The molecule has 1 aliphatic heterocycles. The maximum Gasteiger partial charge on any atom is 0.272 e. The highest BCUT2D eigenvalue weighted by atomic mass is 35.5. The summed E-state index contributed by atoms with van der Waals surface area (Å²) in [6.45, 7) is 1.26. The van der Waals surface area contributed by atoms with Crippen molar-refractivity contribution in [3.8, 4) is 0 Å². The van der Waals surface area contributed by atoms with E-state index in [9.17, 15) is 4.79 Å². The zero-order chi connectivity index (χ0) is 14.1. The average molecular weight is 290 g/mol. The number of hydrogen-bond donors (Lipinski definition) is 1. The number of fused-ring (bicyclic) bond motifs is 1. The van der Waals surface area contributed by atoms with Crippen LogP contribution in [0.1, 0.15) is 23.3 Å². The molecule has 1 aromatic carbocycles. The lowest BCUT2D eigenvalue weighted by molar-refractivity contribution is 0.0735. The number of pyridine rings is 1. The van der Waals surface area contributed by atoms with Crippen molar-refractivity contribution in [1.29, 1.82) is 0 Å². The second kappa shape index (κ2) is 5.38. The van der Waals surface area contributed by atoms with Gasteiger partial charge in [0.05, 0.1) is 5.52 Å². The third-order valence-electron chi connectivity index (χ3n) is 3.78. The molecule has 1 amide bonds. The molecule has 3 rings (SSSR count). The first-order valence-corrected chi connectivity index (χ1v) is 7.14. The lowest BCUT2D eigenvalue weighted by atomic mass is 10.2. The fourth-order valence-electron chi connectivity index (χ4n) is 2.70. The van der Waals surface area contributed by atoms with Crippen LogP contribution in [0, 0.1) is 0 Å². The van der Waals surface area contributed by atoms with Crippen molar-refractivity contribution in [2.45, 2.75) is 18.9 Å². The molecular formula is C15H16ClN3O. The molecule has 2 N–H and O–H groups in total. The fourth-order valence-corrected chi connectivity index (χ4v) is 2.87. The third-order valence-corrected chi connectivity index (χ3v) is 4.02. The van der Waals surface area contributed by atoms with Gasteiger partial charge in [-0.25, -0.2) is 4.98 Å². The van der Waals surface area contributed by atoms with Gasteiger partial charge in [0.2, 0.25) is 0 Å². The van der Waals surface area contributed by atoms with Crippen LogP contribution in [-0.2, 0) is 0 Å². The quantitative estimate of drug-likeness (QED) is 0.924. The summed E-state index contributed by atoms with van der Waals surface area (Å²) < 4.78 is 0. The Balaban J connectivity index is 1.95. The number of halogens is 1. The van der Waals surface area contributed by atoms with Crippen LogP contribution in [-0.4, -0.2) is 34.9 Å². The van der Waals surface area contributed by atoms with Crippen molar-refractivity contribution in [2.24, 2.45) is 5.73 Å². The minimum atomic E-state index is -0.0418. The molecule has 1 fully saturated rings. The van der Waals surface area contributed by atoms with Crippen LogP contribution >= 0.6 is 11.6 Å². The first-order valence-electron chi connectivity index (χ1n) is 6.76. The molecule has 4 nitrogen and oxygen atoms in total. The Kier molecular flexibility index (Phi) is 3.59. The van der Waals surface area contributed by atoms with Gasteiger partial charge >= 0.3 is 0 Å². The highest BCUT2D eigenvalue weighted by molar-refractivity contribution is 6.31. The van der Waals surface area contributed by atoms with Gasteiger partial charge in [0.15, 0.2) is 0 Å². The van der Waals surface area contributed by atoms with Gasteiger partial charge < -0.3 is 10.6 Å². The van der Waals surface area contributed by atoms with E-state index < -0.39 is 0 Å². The van der Waals surface area contributed by atoms with Gasteiger partial charge in [0, 0.05) is 29.5 Å². The summed E-state index contributed by atoms with van der Waals surface area (Å²) in [6.07, 6.45) is 1.98. The van der Waals surface area contributed by atoms with Gasteiger partial charge in [-0.3, -0.25) is 4.79 Å². The number of likely N-dealkylation sites (tertiary alicyclic amines) is 1. The van der Waals surface area contributed by atoms with E-state index in [1.54, 1.807) is 12.1 Å². The van der Waals surface area contributed by atoms with E-state index in [1.807, 2.05) is 23.1 Å². The largest absolute Gasteiger partial charge is 0.333 e. The molecule has 0 bridgehead atoms. The van der Waals surface area contributed by atoms with E-state index >= 15 is 0 Å². The number of rotatable bonds is 2. The highest BCUT2D eigenvalue weighted by Crippen LogP contribution is 2.21. The van der Waals surface area contributed by atoms with Gasteiger partial charge in [-0.2, -0.15) is 0 Å². The predicted octanol–water partition coefficient (Wildman–Crippen LogP) is 2.45. The van der Waals surface area contributed by atoms with Crippen LogP contribution in [0.15, 0.2) is 30.3 Å². The zero-order valence-electron chi connectivity index (χ0n) is 11.1. The molecule has 1 atom stereocenters. The Morgan fingerprint density at radius 2 is 2.20 bits per heavy atom. The summed E-state index contributed by atoms with van der Waals surface area (Å²) in [5.74, 6) is -0.0418. The Morgan fingerprint density at radius 1 is 1.40 bits per heavy atom. The van der Waals surface area contributed by atoms with Crippen molar-refractivity contribution in [3.63, 3.8) is 0 Å². The molecular weight excluding hydrogens is 274 g/mol. The van der Waals surface area contributed by atoms with Crippen molar-refractivity contribution in [2.75, 3.05) is 13.1 Å². The first-order chi connectivity index (χ1) is 9.69. The smallest absolute Gasteiger partial charge is 0.272 e. The highest BCUT2D eigenvalue weighted by Gasteiger charge is 2.28. The number of hydrogen-bond acceptors (Lipinski definition) is 3. The summed E-state index contributed by atoms with van der Waals surface area (Å²) >= 11 is 5.97. The normalized spacial score (nSPS) is 18.7. The molecule has 5 heteroatoms. The molecule has 0 aliphatic carbocycles. The van der Waals surface area contributed by atoms with Gasteiger partial charge in [-0.15, -0.1) is 0 Å². The Labute approximate surface area is 122 Å². The lowest BCUT2D eigenvalue weighted by Gasteiger charge is -2.23. The molecule has 20 heavy (non-hydrogen) atoms. The third kappa shape index (κ3) is 2.37. The number of carbonyl (C=O) groups excluding carboxylic acids is 1. The molecule has 2 aromatic rings. The fraction of sp³-hybridized carbons (Fsp3) is 0.333. The maximum atomic E-state index is 12.5. The van der Waals surface area contributed by atoms with E-state index in [1.165, 1.54) is 0 Å². The number of benzene rings is 1. The summed E-state index contributed by atoms with van der Waals surface area (Å²) in [6, 6.07) is 9.30. The van der Waals surface area contributed by atoms with Crippen LogP contribution < -0.4 is 5.73 Å². The topological polar surface area (TPSA) is 59.2 Å². The van der Waals surface area contributed by atoms with Gasteiger partial charge in [0.1, 0.15) is 5.69 Å². The summed E-state index contributed by atoms with van der Waals surface area (Å²) in [4.78, 5) is 18.8. The number of amides is 1. The van der Waals surface area contributed by atoms with Crippen LogP contribution in [0.3, 0.4) is 0 Å². The van der Waals surface area contributed by atoms with Crippen molar-refractivity contribution in [3.05, 3.63) is 41.0 Å². The van der Waals surface area contributed by atoms with Crippen molar-refractivity contribution in [1.82, 2.24) is 9.88 Å². The summed E-state index contributed by atoms with van der Waals surface area (Å²) in [5.41, 5.74) is 6.92. The van der Waals surface area contributed by atoms with E-state index in [-0.39, 0.29) is 11.9 Å². The minimum absolute atomic E-state index is 0.0418. The Morgan fingerprint density at radius 3 is 3.00 bits per heavy atom. The van der Waals surface area contributed by atoms with E-state index in [2.05, 4.69) is 4.98 Å².